The maximum absolute atomic E-state index is 13.6. The molecule has 6 aromatic rings. The number of carbonyl (C=O) groups excluding carboxylic acids is 2. The molecule has 60 heavy (non-hydrogen) atoms. The summed E-state index contributed by atoms with van der Waals surface area (Å²) in [5.74, 6) is -0.636. The van der Waals surface area contributed by atoms with Crippen molar-refractivity contribution in [2.75, 3.05) is 13.2 Å². The van der Waals surface area contributed by atoms with E-state index in [1.54, 1.807) is 59.3 Å². The highest BCUT2D eigenvalue weighted by Crippen LogP contribution is 2.34. The van der Waals surface area contributed by atoms with Crippen molar-refractivity contribution in [2.45, 2.75) is 106 Å². The molecule has 0 aliphatic rings. The summed E-state index contributed by atoms with van der Waals surface area (Å²) < 4.78 is 11.4. The van der Waals surface area contributed by atoms with Crippen molar-refractivity contribution < 1.29 is 19.1 Å². The molecule has 6 heterocycles. The normalized spacial score (nSPS) is 11.4. The number of nitrogens with zero attached hydrogens (tertiary/aromatic N) is 4. The molecule has 0 unspecified atom stereocenters. The summed E-state index contributed by atoms with van der Waals surface area (Å²) in [5.41, 5.74) is 5.64. The highest BCUT2D eigenvalue weighted by atomic mass is 32.1. The number of carbonyl (C=O) groups is 2. The molecule has 0 aromatic carbocycles. The van der Waals surface area contributed by atoms with Crippen LogP contribution in [0.25, 0.3) is 55.0 Å². The SMILES string of the molecule is CCCCCCc1ccc(-c2ccnc(-c3cc(C(=O)OCC(C)C)cc(-c4cc(C(=O)OCC(C)C)cc(-c5cc(-c6ccc(CCCCCC)s6)ccn5)n4)n3)c2)s1. The Morgan fingerprint density at radius 1 is 0.517 bits per heavy atom. The molecule has 6 aromatic heterocycles. The number of pyridine rings is 4. The van der Waals surface area contributed by atoms with Crippen molar-refractivity contribution in [1.29, 1.82) is 0 Å². The molecule has 0 saturated carbocycles. The van der Waals surface area contributed by atoms with Crippen LogP contribution in [0.15, 0.2) is 85.2 Å². The van der Waals surface area contributed by atoms with Gasteiger partial charge in [-0.15, -0.1) is 22.7 Å². The highest BCUT2D eigenvalue weighted by molar-refractivity contribution is 7.15. The van der Waals surface area contributed by atoms with Crippen LogP contribution in [-0.2, 0) is 22.3 Å². The monoisotopic (exact) mass is 842 g/mol. The maximum atomic E-state index is 13.6. The van der Waals surface area contributed by atoms with Gasteiger partial charge in [0.1, 0.15) is 0 Å². The largest absolute Gasteiger partial charge is 0.462 e. The first-order chi connectivity index (χ1) is 29.1. The molecule has 0 bridgehead atoms. The van der Waals surface area contributed by atoms with E-state index < -0.39 is 11.9 Å². The third-order valence-electron chi connectivity index (χ3n) is 9.97. The summed E-state index contributed by atoms with van der Waals surface area (Å²) in [5, 5.41) is 0. The molecule has 0 aliphatic carbocycles. The highest BCUT2D eigenvalue weighted by Gasteiger charge is 2.20. The maximum Gasteiger partial charge on any atom is 0.338 e. The summed E-state index contributed by atoms with van der Waals surface area (Å²) in [6.07, 6.45) is 15.5. The number of esters is 2. The van der Waals surface area contributed by atoms with Gasteiger partial charge in [0, 0.05) is 31.9 Å². The predicted molar refractivity (Wildman–Crippen MR) is 246 cm³/mol. The molecule has 0 aliphatic heterocycles. The quantitative estimate of drug-likeness (QED) is 0.0521. The van der Waals surface area contributed by atoms with Crippen molar-refractivity contribution >= 4 is 34.6 Å². The Bertz CT molecular complexity index is 2180. The molecule has 0 radical (unpaired) electrons. The number of aromatic nitrogens is 4. The fraction of sp³-hybridized carbons (Fsp3) is 0.400. The second kappa shape index (κ2) is 22.0. The van der Waals surface area contributed by atoms with Gasteiger partial charge >= 0.3 is 11.9 Å². The number of hydrogen-bond donors (Lipinski definition) is 0. The first-order valence-corrected chi connectivity index (χ1v) is 23.2. The third kappa shape index (κ3) is 12.5. The molecule has 0 amide bonds. The zero-order valence-corrected chi connectivity index (χ0v) is 37.6. The van der Waals surface area contributed by atoms with Gasteiger partial charge in [0.05, 0.1) is 58.5 Å². The van der Waals surface area contributed by atoms with Gasteiger partial charge in [-0.25, -0.2) is 19.6 Å². The number of hydrogen-bond acceptors (Lipinski definition) is 10. The summed E-state index contributed by atoms with van der Waals surface area (Å²) in [4.78, 5) is 51.9. The smallest absolute Gasteiger partial charge is 0.338 e. The van der Waals surface area contributed by atoms with E-state index in [0.717, 1.165) is 33.7 Å². The van der Waals surface area contributed by atoms with Crippen LogP contribution in [0.3, 0.4) is 0 Å². The average Bonchev–Trinajstić information content (AvgIpc) is 3.95. The lowest BCUT2D eigenvalue weighted by atomic mass is 10.1. The third-order valence-corrected chi connectivity index (χ3v) is 12.4. The number of rotatable bonds is 21. The number of thiophene rings is 2. The van der Waals surface area contributed by atoms with Crippen LogP contribution in [0.4, 0.5) is 0 Å². The van der Waals surface area contributed by atoms with Crippen molar-refractivity contribution in [3.8, 4) is 55.0 Å². The van der Waals surface area contributed by atoms with Crippen LogP contribution < -0.4 is 0 Å². The number of unbranched alkanes of at least 4 members (excludes halogenated alkanes) is 6. The first-order valence-electron chi connectivity index (χ1n) is 21.6. The minimum absolute atomic E-state index is 0.156. The molecule has 10 heteroatoms. The zero-order chi connectivity index (χ0) is 42.4. The lowest BCUT2D eigenvalue weighted by molar-refractivity contribution is 0.0450. The van der Waals surface area contributed by atoms with Crippen LogP contribution in [-0.4, -0.2) is 45.1 Å². The second-order valence-electron chi connectivity index (χ2n) is 16.2. The van der Waals surface area contributed by atoms with Crippen LogP contribution in [0.5, 0.6) is 0 Å². The lowest BCUT2D eigenvalue weighted by Gasteiger charge is -2.13. The number of aryl methyl sites for hydroxylation is 2. The molecule has 0 spiro atoms. The first kappa shape index (κ1) is 44.5. The Balaban J connectivity index is 1.40. The topological polar surface area (TPSA) is 104 Å². The molecule has 0 N–H and O–H groups in total. The van der Waals surface area contributed by atoms with E-state index in [1.165, 1.54) is 61.1 Å². The Kier molecular flexibility index (Phi) is 16.3. The number of ether oxygens (including phenoxy) is 2. The Hall–Kier alpha value is -5.06. The lowest BCUT2D eigenvalue weighted by Crippen LogP contribution is -2.12. The van der Waals surface area contributed by atoms with Crippen molar-refractivity contribution in [2.24, 2.45) is 11.8 Å². The summed E-state index contributed by atoms with van der Waals surface area (Å²) in [6, 6.07) is 23.6. The van der Waals surface area contributed by atoms with E-state index in [9.17, 15) is 9.59 Å². The Morgan fingerprint density at radius 2 is 0.917 bits per heavy atom. The zero-order valence-electron chi connectivity index (χ0n) is 36.0. The van der Waals surface area contributed by atoms with Crippen LogP contribution in [0.1, 0.15) is 123 Å². The van der Waals surface area contributed by atoms with Gasteiger partial charge in [-0.2, -0.15) is 0 Å². The van der Waals surface area contributed by atoms with Crippen molar-refractivity contribution in [1.82, 2.24) is 19.9 Å². The van der Waals surface area contributed by atoms with Gasteiger partial charge in [-0.3, -0.25) is 9.97 Å². The summed E-state index contributed by atoms with van der Waals surface area (Å²) >= 11 is 3.60. The minimum atomic E-state index is -0.474. The molecule has 0 atom stereocenters. The average molecular weight is 843 g/mol. The van der Waals surface area contributed by atoms with Crippen molar-refractivity contribution in [3.05, 3.63) is 106 Å². The fourth-order valence-electron chi connectivity index (χ4n) is 6.71. The Labute approximate surface area is 363 Å². The van der Waals surface area contributed by atoms with E-state index in [1.807, 2.05) is 52.0 Å². The molecule has 8 nitrogen and oxygen atoms in total. The van der Waals surface area contributed by atoms with Gasteiger partial charge in [0.25, 0.3) is 0 Å². The van der Waals surface area contributed by atoms with E-state index in [2.05, 4.69) is 38.1 Å². The fourth-order valence-corrected chi connectivity index (χ4v) is 8.80. The van der Waals surface area contributed by atoms with E-state index in [4.69, 9.17) is 29.4 Å². The molecular formula is C50H58N4O4S2. The molecule has 0 fully saturated rings. The predicted octanol–water partition coefficient (Wildman–Crippen LogP) is 13.6. The molecular weight excluding hydrogens is 785 g/mol. The second-order valence-corrected chi connectivity index (χ2v) is 18.6. The van der Waals surface area contributed by atoms with Crippen LogP contribution >= 0.6 is 22.7 Å². The van der Waals surface area contributed by atoms with Gasteiger partial charge in [0.15, 0.2) is 0 Å². The summed E-state index contributed by atoms with van der Waals surface area (Å²) in [6.45, 7) is 13.0. The standard InChI is InChI=1S/C50H58N4O4S2/c1-7-9-11-13-15-39-17-19-47(59-39)35-21-23-51-41(25-35)43-27-37(49(55)57-31-33(3)4)29-45(53-43)46-30-38(50(56)58-32-34(5)6)28-44(54-46)42-26-36(22-24-52-42)48-20-18-40(60-48)16-14-12-10-8-2/h17-30,33-34H,7-16,31-32H2,1-6H3. The van der Waals surface area contributed by atoms with Crippen molar-refractivity contribution in [3.63, 3.8) is 0 Å². The van der Waals surface area contributed by atoms with Gasteiger partial charge < -0.3 is 9.47 Å². The van der Waals surface area contributed by atoms with E-state index >= 15 is 0 Å². The minimum Gasteiger partial charge on any atom is -0.462 e. The van der Waals surface area contributed by atoms with Gasteiger partial charge in [0.2, 0.25) is 0 Å². The van der Waals surface area contributed by atoms with Gasteiger partial charge in [-0.1, -0.05) is 80.1 Å². The molecule has 314 valence electrons. The molecule has 0 saturated heterocycles. The van der Waals surface area contributed by atoms with E-state index in [-0.39, 0.29) is 25.0 Å². The van der Waals surface area contributed by atoms with E-state index in [0.29, 0.717) is 45.3 Å². The summed E-state index contributed by atoms with van der Waals surface area (Å²) in [7, 11) is 0. The van der Waals surface area contributed by atoms with Crippen LogP contribution in [0.2, 0.25) is 0 Å². The van der Waals surface area contributed by atoms with Gasteiger partial charge in [-0.05, 0) is 121 Å². The van der Waals surface area contributed by atoms with Crippen LogP contribution in [0, 0.1) is 11.8 Å². The Morgan fingerprint density at radius 3 is 1.30 bits per heavy atom. The molecule has 6 rings (SSSR count).